The predicted octanol–water partition coefficient (Wildman–Crippen LogP) is 23.1. The molecule has 0 fully saturated rings. The summed E-state index contributed by atoms with van der Waals surface area (Å²) >= 11 is 12.3. The van der Waals surface area contributed by atoms with Crippen LogP contribution in [0.25, 0.3) is 33.4 Å². The third kappa shape index (κ3) is 12.9. The van der Waals surface area contributed by atoms with Gasteiger partial charge >= 0.3 is 0 Å². The minimum atomic E-state index is -0.0474. The molecule has 368 valence electrons. The number of hydrogen-bond acceptors (Lipinski definition) is 0. The molecule has 2 aliphatic rings. The van der Waals surface area contributed by atoms with Crippen molar-refractivity contribution in [2.45, 2.75) is 258 Å². The Labute approximate surface area is 437 Å². The van der Waals surface area contributed by atoms with Crippen molar-refractivity contribution in [2.24, 2.45) is 0 Å². The van der Waals surface area contributed by atoms with Crippen molar-refractivity contribution in [1.29, 1.82) is 0 Å². The summed E-state index contributed by atoms with van der Waals surface area (Å²) in [5.41, 5.74) is 19.6. The van der Waals surface area contributed by atoms with E-state index in [1.807, 2.05) is 0 Å². The van der Waals surface area contributed by atoms with E-state index in [1.54, 1.807) is 66.8 Å². The average Bonchev–Trinajstić information content (AvgIpc) is 3.75. The van der Waals surface area contributed by atoms with Gasteiger partial charge in [-0.2, -0.15) is 0 Å². The third-order valence-corrected chi connectivity index (χ3v) is 17.8. The van der Waals surface area contributed by atoms with Gasteiger partial charge in [0.15, 0.2) is 0 Å². The predicted molar refractivity (Wildman–Crippen MR) is 307 cm³/mol. The maximum atomic E-state index is 4.15. The van der Waals surface area contributed by atoms with Gasteiger partial charge in [-0.1, -0.05) is 262 Å². The van der Waals surface area contributed by atoms with Crippen LogP contribution in [0.15, 0.2) is 68.0 Å². The van der Waals surface area contributed by atoms with Crippen molar-refractivity contribution in [3.63, 3.8) is 0 Å². The maximum absolute atomic E-state index is 4.15. The number of halogens is 3. The van der Waals surface area contributed by atoms with Crippen LogP contribution < -0.4 is 0 Å². The summed E-state index contributed by atoms with van der Waals surface area (Å²) in [5, 5.41) is 0. The summed E-state index contributed by atoms with van der Waals surface area (Å²) in [6.45, 7) is 14.3. The van der Waals surface area contributed by atoms with Gasteiger partial charge in [0.2, 0.25) is 0 Å². The highest BCUT2D eigenvalue weighted by atomic mass is 79.9. The molecule has 0 unspecified atom stereocenters. The van der Waals surface area contributed by atoms with E-state index in [4.69, 9.17) is 0 Å². The average molecular weight is 1100 g/mol. The summed E-state index contributed by atoms with van der Waals surface area (Å²) in [7, 11) is 0. The zero-order valence-electron chi connectivity index (χ0n) is 43.5. The van der Waals surface area contributed by atoms with Crippen LogP contribution in [-0.2, 0) is 23.7 Å². The summed E-state index contributed by atoms with van der Waals surface area (Å²) in [4.78, 5) is 0. The maximum Gasteiger partial charge on any atom is 0.0222 e. The summed E-state index contributed by atoms with van der Waals surface area (Å²) < 4.78 is 3.71. The highest BCUT2D eigenvalue weighted by molar-refractivity contribution is 9.11. The van der Waals surface area contributed by atoms with Crippen LogP contribution in [0.2, 0.25) is 0 Å². The number of unbranched alkanes of at least 4 members (excludes halogenated alkanes) is 20. The van der Waals surface area contributed by atoms with E-state index in [1.165, 1.54) is 206 Å². The van der Waals surface area contributed by atoms with Gasteiger partial charge in [-0.25, -0.2) is 0 Å². The van der Waals surface area contributed by atoms with Crippen LogP contribution in [0.4, 0.5) is 0 Å². The van der Waals surface area contributed by atoms with Gasteiger partial charge in [-0.05, 0) is 155 Å². The lowest BCUT2D eigenvalue weighted by Crippen LogP contribution is -2.29. The van der Waals surface area contributed by atoms with Gasteiger partial charge in [-0.3, -0.25) is 0 Å². The second-order valence-corrected chi connectivity index (χ2v) is 24.0. The Morgan fingerprint density at radius 1 is 0.328 bits per heavy atom. The van der Waals surface area contributed by atoms with E-state index >= 15 is 0 Å². The van der Waals surface area contributed by atoms with Gasteiger partial charge in [0.1, 0.15) is 0 Å². The number of benzene rings is 4. The highest BCUT2D eigenvalue weighted by Crippen LogP contribution is 2.67. The lowest BCUT2D eigenvalue weighted by atomic mass is 9.64. The highest BCUT2D eigenvalue weighted by Gasteiger charge is 2.53. The van der Waals surface area contributed by atoms with E-state index in [9.17, 15) is 0 Å². The molecule has 0 spiro atoms. The largest absolute Gasteiger partial charge is 0.0654 e. The Balaban J connectivity index is 1.81. The van der Waals surface area contributed by atoms with E-state index in [-0.39, 0.29) is 10.8 Å². The fourth-order valence-corrected chi connectivity index (χ4v) is 14.1. The van der Waals surface area contributed by atoms with Crippen molar-refractivity contribution < 1.29 is 0 Å². The molecule has 0 bridgehead atoms. The molecule has 0 nitrogen and oxygen atoms in total. The standard InChI is InChI=1S/C64H91Br3/c1-7-13-19-25-27-33-48-45-49(65)35-38-52(48)58-55(34-28-26-20-14-8-2)59-53-39-36-50(66)46-56(53)63(41-29-21-15-9-3,42-30-22-16-10-4)62(59)60-54-40-37-51(67)47-57(54)64(61(58)60,43-31-23-17-11-5)44-32-24-18-12-6/h35-40,45-47H,7-34,41-44H2,1-6H3. The van der Waals surface area contributed by atoms with Crippen LogP contribution in [0, 0.1) is 0 Å². The minimum absolute atomic E-state index is 0.0256. The van der Waals surface area contributed by atoms with Crippen LogP contribution >= 0.6 is 47.8 Å². The van der Waals surface area contributed by atoms with Gasteiger partial charge in [0.25, 0.3) is 0 Å². The Bertz CT molecular complexity index is 2120. The first-order valence-electron chi connectivity index (χ1n) is 28.4. The Hall–Kier alpha value is -1.68. The number of rotatable bonds is 33. The topological polar surface area (TPSA) is 0 Å². The molecule has 4 aromatic rings. The summed E-state index contributed by atoms with van der Waals surface area (Å²) in [5.74, 6) is 0. The first-order chi connectivity index (χ1) is 32.8. The Morgan fingerprint density at radius 3 is 1.07 bits per heavy atom. The Kier molecular flexibility index (Phi) is 22.7. The normalized spacial score (nSPS) is 14.1. The fourth-order valence-electron chi connectivity index (χ4n) is 12.9. The first kappa shape index (κ1) is 54.6. The SMILES string of the molecule is CCCCCCCc1cc(Br)ccc1-c1c(CCCCCCC)c2c(c3c1C(CCCCCC)(CCCCCC)c1cc(Br)ccc1-3)C(CCCCCC)(CCCCCC)c1cc(Br)ccc1-2. The van der Waals surface area contributed by atoms with E-state index < -0.39 is 0 Å². The van der Waals surface area contributed by atoms with Crippen LogP contribution in [-0.4, -0.2) is 0 Å². The molecule has 0 heterocycles. The molecular weight excluding hydrogens is 1010 g/mol. The van der Waals surface area contributed by atoms with Crippen molar-refractivity contribution >= 4 is 47.8 Å². The Morgan fingerprint density at radius 2 is 0.657 bits per heavy atom. The van der Waals surface area contributed by atoms with Gasteiger partial charge in [-0.15, -0.1) is 0 Å². The van der Waals surface area contributed by atoms with E-state index in [0.717, 1.165) is 12.8 Å². The smallest absolute Gasteiger partial charge is 0.0222 e. The quantitative estimate of drug-likeness (QED) is 0.0417. The van der Waals surface area contributed by atoms with Crippen LogP contribution in [0.3, 0.4) is 0 Å². The van der Waals surface area contributed by atoms with Crippen molar-refractivity contribution in [3.05, 3.63) is 101 Å². The van der Waals surface area contributed by atoms with Crippen molar-refractivity contribution in [2.75, 3.05) is 0 Å². The monoisotopic (exact) mass is 1100 g/mol. The molecular formula is C64H91Br3. The third-order valence-electron chi connectivity index (χ3n) is 16.3. The molecule has 0 radical (unpaired) electrons. The molecule has 3 heteroatoms. The number of aryl methyl sites for hydroxylation is 1. The molecule has 0 saturated heterocycles. The second kappa shape index (κ2) is 27.8. The lowest BCUT2D eigenvalue weighted by Gasteiger charge is -2.39. The second-order valence-electron chi connectivity index (χ2n) is 21.3. The molecule has 0 N–H and O–H groups in total. The molecule has 0 saturated carbocycles. The summed E-state index contributed by atoms with van der Waals surface area (Å²) in [6.07, 6.45) is 41.1. The molecule has 0 amide bonds. The lowest BCUT2D eigenvalue weighted by molar-refractivity contribution is 0.395. The molecule has 6 rings (SSSR count). The van der Waals surface area contributed by atoms with Crippen LogP contribution in [0.1, 0.15) is 268 Å². The number of fused-ring (bicyclic) bond motifs is 7. The van der Waals surface area contributed by atoms with E-state index in [2.05, 4.69) is 144 Å². The van der Waals surface area contributed by atoms with Gasteiger partial charge in [0.05, 0.1) is 0 Å². The molecule has 0 atom stereocenters. The fraction of sp³-hybridized carbons (Fsp3) is 0.625. The molecule has 0 aromatic heterocycles. The van der Waals surface area contributed by atoms with Crippen LogP contribution in [0.5, 0.6) is 0 Å². The zero-order chi connectivity index (χ0) is 47.7. The van der Waals surface area contributed by atoms with Gasteiger partial charge < -0.3 is 0 Å². The molecule has 4 aromatic carbocycles. The van der Waals surface area contributed by atoms with Crippen molar-refractivity contribution in [3.8, 4) is 33.4 Å². The van der Waals surface area contributed by atoms with Gasteiger partial charge in [0, 0.05) is 24.2 Å². The molecule has 2 aliphatic carbocycles. The summed E-state index contributed by atoms with van der Waals surface area (Å²) in [6, 6.07) is 22.8. The first-order valence-corrected chi connectivity index (χ1v) is 30.8. The molecule has 0 aliphatic heterocycles. The zero-order valence-corrected chi connectivity index (χ0v) is 48.2. The molecule has 67 heavy (non-hydrogen) atoms. The van der Waals surface area contributed by atoms with E-state index in [0.29, 0.717) is 0 Å². The number of hydrogen-bond donors (Lipinski definition) is 0. The van der Waals surface area contributed by atoms with Crippen molar-refractivity contribution in [1.82, 2.24) is 0 Å². The minimum Gasteiger partial charge on any atom is -0.0654 e.